The molecule has 2 N–H and O–H groups in total. The number of likely N-dealkylation sites (N-methyl/N-ethyl adjacent to an activating group) is 1. The van der Waals surface area contributed by atoms with Gasteiger partial charge < -0.3 is 15.0 Å². The number of benzene rings is 2. The Labute approximate surface area is 212 Å². The van der Waals surface area contributed by atoms with Crippen molar-refractivity contribution in [2.45, 2.75) is 23.9 Å². The van der Waals surface area contributed by atoms with Crippen molar-refractivity contribution >= 4 is 17.7 Å². The van der Waals surface area contributed by atoms with E-state index in [9.17, 15) is 4.79 Å². The van der Waals surface area contributed by atoms with E-state index in [1.165, 1.54) is 0 Å². The summed E-state index contributed by atoms with van der Waals surface area (Å²) in [6.45, 7) is 4.85. The van der Waals surface area contributed by atoms with Gasteiger partial charge in [-0.2, -0.15) is 0 Å². The van der Waals surface area contributed by atoms with Crippen molar-refractivity contribution in [3.8, 4) is 0 Å². The number of carbonyl (C=O) groups is 1. The number of nitrogens with zero attached hydrogens (tertiary/aromatic N) is 2. The first-order valence-electron chi connectivity index (χ1n) is 12.0. The summed E-state index contributed by atoms with van der Waals surface area (Å²) in [6.07, 6.45) is 3.53. The molecule has 35 heavy (non-hydrogen) atoms. The van der Waals surface area contributed by atoms with E-state index in [2.05, 4.69) is 58.8 Å². The third-order valence-electron chi connectivity index (χ3n) is 6.27. The van der Waals surface area contributed by atoms with Gasteiger partial charge in [-0.3, -0.25) is 15.1 Å². The Kier molecular flexibility index (Phi) is 8.93. The molecule has 1 aromatic heterocycles. The van der Waals surface area contributed by atoms with Gasteiger partial charge in [0.15, 0.2) is 0 Å². The molecule has 1 fully saturated rings. The van der Waals surface area contributed by atoms with E-state index < -0.39 is 0 Å². The van der Waals surface area contributed by atoms with Gasteiger partial charge in [-0.1, -0.05) is 66.7 Å². The topological polar surface area (TPSA) is 66.5 Å². The maximum atomic E-state index is 12.7. The predicted molar refractivity (Wildman–Crippen MR) is 142 cm³/mol. The molecule has 2 aromatic carbocycles. The normalized spacial score (nSPS) is 19.8. The van der Waals surface area contributed by atoms with E-state index in [0.717, 1.165) is 35.5 Å². The summed E-state index contributed by atoms with van der Waals surface area (Å²) in [4.78, 5) is 18.8. The van der Waals surface area contributed by atoms with E-state index in [-0.39, 0.29) is 22.9 Å². The number of nitrogens with one attached hydrogen (secondary N) is 2. The summed E-state index contributed by atoms with van der Waals surface area (Å²) in [5.41, 5.74) is 3.38. The zero-order valence-electron chi connectivity index (χ0n) is 20.4. The zero-order valence-corrected chi connectivity index (χ0v) is 21.2. The summed E-state index contributed by atoms with van der Waals surface area (Å²) in [5.74, 6) is 0.782. The fourth-order valence-electron chi connectivity index (χ4n) is 4.19. The molecule has 3 aromatic rings. The van der Waals surface area contributed by atoms with Crippen LogP contribution in [0.15, 0.2) is 85.2 Å². The number of hydrogen-bond donors (Lipinski definition) is 2. The van der Waals surface area contributed by atoms with Crippen LogP contribution in [0.5, 0.6) is 0 Å². The van der Waals surface area contributed by atoms with Gasteiger partial charge in [0.25, 0.3) is 0 Å². The standard InChI is InChI=1S/C28H34N4O2S/c1-28(24-14-9-15-29-20-24)31-25(21-35-28)27(33)30-16-17-32(2)18-19-34-26(22-10-5-3-6-11-22)23-12-7-4-8-13-23/h3-15,20,25-26,31H,16-19,21H2,1-2H3,(H,30,33). The molecule has 1 amide bonds. The lowest BCUT2D eigenvalue weighted by Crippen LogP contribution is -2.48. The highest BCUT2D eigenvalue weighted by atomic mass is 32.2. The summed E-state index contributed by atoms with van der Waals surface area (Å²) >= 11 is 1.75. The van der Waals surface area contributed by atoms with Gasteiger partial charge in [-0.05, 0) is 31.2 Å². The third kappa shape index (κ3) is 6.92. The van der Waals surface area contributed by atoms with Crippen molar-refractivity contribution in [1.82, 2.24) is 20.5 Å². The average Bonchev–Trinajstić information content (AvgIpc) is 3.31. The van der Waals surface area contributed by atoms with Gasteiger partial charge >= 0.3 is 0 Å². The summed E-state index contributed by atoms with van der Waals surface area (Å²) in [7, 11) is 2.05. The predicted octanol–water partition coefficient (Wildman–Crippen LogP) is 3.81. The fourth-order valence-corrected chi connectivity index (χ4v) is 5.44. The Morgan fingerprint density at radius 2 is 1.80 bits per heavy atom. The first-order valence-corrected chi connectivity index (χ1v) is 13.0. The van der Waals surface area contributed by atoms with Crippen molar-refractivity contribution < 1.29 is 9.53 Å². The second-order valence-electron chi connectivity index (χ2n) is 8.95. The number of amides is 1. The number of aromatic nitrogens is 1. The van der Waals surface area contributed by atoms with E-state index in [1.807, 2.05) is 54.7 Å². The smallest absolute Gasteiger partial charge is 0.238 e. The van der Waals surface area contributed by atoms with Gasteiger partial charge in [0.2, 0.25) is 5.91 Å². The van der Waals surface area contributed by atoms with Crippen molar-refractivity contribution in [3.63, 3.8) is 0 Å². The molecule has 4 rings (SSSR count). The molecule has 2 heterocycles. The minimum Gasteiger partial charge on any atom is -0.367 e. The maximum absolute atomic E-state index is 12.7. The van der Waals surface area contributed by atoms with E-state index >= 15 is 0 Å². The van der Waals surface area contributed by atoms with Crippen LogP contribution < -0.4 is 10.6 Å². The van der Waals surface area contributed by atoms with Crippen molar-refractivity contribution in [2.24, 2.45) is 0 Å². The summed E-state index contributed by atoms with van der Waals surface area (Å²) in [6, 6.07) is 24.4. The van der Waals surface area contributed by atoms with Crippen molar-refractivity contribution in [3.05, 3.63) is 102 Å². The van der Waals surface area contributed by atoms with Crippen LogP contribution in [-0.2, 0) is 14.4 Å². The summed E-state index contributed by atoms with van der Waals surface area (Å²) < 4.78 is 6.31. The number of carbonyl (C=O) groups excluding carboxylic acids is 1. The molecule has 6 nitrogen and oxygen atoms in total. The van der Waals surface area contributed by atoms with Crippen molar-refractivity contribution in [1.29, 1.82) is 0 Å². The van der Waals surface area contributed by atoms with Crippen molar-refractivity contribution in [2.75, 3.05) is 39.0 Å². The Morgan fingerprint density at radius 3 is 2.43 bits per heavy atom. The van der Waals surface area contributed by atoms with Crippen LogP contribution in [0.3, 0.4) is 0 Å². The van der Waals surface area contributed by atoms with Crippen LogP contribution in [0.4, 0.5) is 0 Å². The van der Waals surface area contributed by atoms with Gasteiger partial charge in [0.1, 0.15) is 6.10 Å². The molecular formula is C28H34N4O2S. The molecule has 1 aliphatic heterocycles. The van der Waals surface area contributed by atoms with Gasteiger partial charge in [-0.15, -0.1) is 11.8 Å². The lowest BCUT2D eigenvalue weighted by Gasteiger charge is -2.25. The van der Waals surface area contributed by atoms with Gasteiger partial charge in [0, 0.05) is 43.3 Å². The molecule has 0 spiro atoms. The Bertz CT molecular complexity index is 1010. The largest absolute Gasteiger partial charge is 0.367 e. The SMILES string of the molecule is CN(CCNC(=O)C1CSC(C)(c2cccnc2)N1)CCOC(c1ccccc1)c1ccccc1. The third-order valence-corrected chi connectivity index (χ3v) is 7.70. The molecule has 2 atom stereocenters. The first kappa shape index (κ1) is 25.4. The molecule has 0 saturated carbocycles. The number of pyridine rings is 1. The maximum Gasteiger partial charge on any atom is 0.238 e. The van der Waals surface area contributed by atoms with Gasteiger partial charge in [-0.25, -0.2) is 0 Å². The Morgan fingerprint density at radius 1 is 1.11 bits per heavy atom. The highest BCUT2D eigenvalue weighted by molar-refractivity contribution is 8.00. The molecule has 1 saturated heterocycles. The Hall–Kier alpha value is -2.71. The minimum atomic E-state index is -0.293. The molecule has 184 valence electrons. The van der Waals surface area contributed by atoms with Crippen LogP contribution in [0.1, 0.15) is 29.7 Å². The van der Waals surface area contributed by atoms with E-state index in [4.69, 9.17) is 4.74 Å². The monoisotopic (exact) mass is 490 g/mol. The molecule has 2 unspecified atom stereocenters. The Balaban J connectivity index is 1.20. The highest BCUT2D eigenvalue weighted by Gasteiger charge is 2.39. The van der Waals surface area contributed by atoms with Crippen LogP contribution >= 0.6 is 11.8 Å². The van der Waals surface area contributed by atoms with E-state index in [1.54, 1.807) is 18.0 Å². The molecule has 0 bridgehead atoms. The number of rotatable bonds is 11. The van der Waals surface area contributed by atoms with Gasteiger partial charge in [0.05, 0.1) is 17.5 Å². The minimum absolute atomic E-state index is 0.0444. The number of thioether (sulfide) groups is 1. The van der Waals surface area contributed by atoms with E-state index in [0.29, 0.717) is 13.2 Å². The lowest BCUT2D eigenvalue weighted by molar-refractivity contribution is -0.122. The second kappa shape index (κ2) is 12.3. The lowest BCUT2D eigenvalue weighted by atomic mass is 10.0. The molecular weight excluding hydrogens is 456 g/mol. The number of ether oxygens (including phenoxy) is 1. The fraction of sp³-hybridized carbons (Fsp3) is 0.357. The van der Waals surface area contributed by atoms with Crippen LogP contribution in [0, 0.1) is 0 Å². The van der Waals surface area contributed by atoms with Crippen LogP contribution in [0.25, 0.3) is 0 Å². The molecule has 1 aliphatic rings. The molecule has 0 aliphatic carbocycles. The highest BCUT2D eigenvalue weighted by Crippen LogP contribution is 2.38. The second-order valence-corrected chi connectivity index (χ2v) is 10.4. The average molecular weight is 491 g/mol. The van der Waals surface area contributed by atoms with Crippen LogP contribution in [0.2, 0.25) is 0 Å². The first-order chi connectivity index (χ1) is 17.0. The number of hydrogen-bond acceptors (Lipinski definition) is 6. The quantitative estimate of drug-likeness (QED) is 0.426. The van der Waals surface area contributed by atoms with Crippen LogP contribution in [-0.4, -0.2) is 60.9 Å². The molecule has 7 heteroatoms. The summed E-state index contributed by atoms with van der Waals surface area (Å²) in [5, 5.41) is 6.56. The molecule has 0 radical (unpaired) electrons. The zero-order chi connectivity index (χ0) is 24.5.